The molecule has 0 rings (SSSR count). The van der Waals surface area contributed by atoms with E-state index < -0.39 is 0 Å². The fourth-order valence-corrected chi connectivity index (χ4v) is 0. The molecule has 0 spiro atoms. The van der Waals surface area contributed by atoms with E-state index in [0.717, 1.165) is 0 Å². The average Bonchev–Trinajstić information content (AvgIpc) is 0. The van der Waals surface area contributed by atoms with Gasteiger partial charge in [-0.25, -0.2) is 0 Å². The van der Waals surface area contributed by atoms with E-state index in [1.54, 1.807) is 0 Å². The molecule has 26 valence electrons. The zero-order valence-corrected chi connectivity index (χ0v) is 2.62. The van der Waals surface area contributed by atoms with Crippen LogP contribution in [-0.4, -0.2) is 56.9 Å². The van der Waals surface area contributed by atoms with Gasteiger partial charge in [0.1, 0.15) is 0 Å². The summed E-state index contributed by atoms with van der Waals surface area (Å²) in [6.07, 6.45) is 0. The largest absolute Gasteiger partial charge is 2.00 e. The second-order valence-electron chi connectivity index (χ2n) is 0. The van der Waals surface area contributed by atoms with E-state index in [4.69, 9.17) is 0 Å². The second kappa shape index (κ2) is 24.8. The summed E-state index contributed by atoms with van der Waals surface area (Å²) in [6.45, 7) is 0. The first-order valence-corrected chi connectivity index (χ1v) is 0. The summed E-state index contributed by atoms with van der Waals surface area (Å²) in [6, 6.07) is 0. The molecule has 4 heavy (non-hydrogen) atoms. The van der Waals surface area contributed by atoms with E-state index in [0.29, 0.717) is 0 Å². The van der Waals surface area contributed by atoms with Gasteiger partial charge >= 0.3 is 23.1 Å². The molecule has 0 fully saturated rings. The van der Waals surface area contributed by atoms with Crippen molar-refractivity contribution in [3.05, 3.63) is 0 Å². The molecule has 0 aromatic carbocycles. The zero-order chi connectivity index (χ0) is 0. The van der Waals surface area contributed by atoms with Gasteiger partial charge in [-0.2, -0.15) is 0 Å². The Morgan fingerprint density at radius 1 is 1.25 bits per heavy atom. The second-order valence-corrected chi connectivity index (χ2v) is 0. The minimum Gasteiger partial charge on any atom is -1.00 e. The van der Waals surface area contributed by atoms with Crippen LogP contribution in [0, 0.1) is 0 Å². The van der Waals surface area contributed by atoms with Crippen LogP contribution < -0.4 is 0 Å². The van der Waals surface area contributed by atoms with Gasteiger partial charge < -0.3 is 8.33 Å². The third kappa shape index (κ3) is 9.78. The molecule has 0 aromatic heterocycles. The smallest absolute Gasteiger partial charge is 1.00 e. The molecule has 0 aliphatic heterocycles. The van der Waals surface area contributed by atoms with Crippen LogP contribution >= 0.6 is 0 Å². The molecule has 0 aliphatic rings. The molecular weight excluding hydrogens is 95.4 g/mol. The van der Waals surface area contributed by atoms with Crippen LogP contribution in [0.4, 0.5) is 0 Å². The molecule has 0 heterocycles. The minimum absolute atomic E-state index is 0. The van der Waals surface area contributed by atoms with Crippen LogP contribution in [0.5, 0.6) is 0 Å². The summed E-state index contributed by atoms with van der Waals surface area (Å²) in [7, 11) is 0. The Balaban J connectivity index is 0. The van der Waals surface area contributed by atoms with Crippen molar-refractivity contribution in [1.82, 2.24) is 0 Å². The molecule has 2 N–H and O–H groups in total. The molecule has 0 saturated heterocycles. The number of rotatable bonds is 0. The van der Waals surface area contributed by atoms with E-state index in [-0.39, 0.29) is 59.7 Å². The van der Waals surface area contributed by atoms with Crippen molar-refractivity contribution < 1.29 is 8.33 Å². The first kappa shape index (κ1) is 50.4. The predicted octanol–water partition coefficient (Wildman–Crippen LogP) is -3.62. The maximum atomic E-state index is 0. The van der Waals surface area contributed by atoms with E-state index >= 15 is 0 Å². The van der Waals surface area contributed by atoms with Gasteiger partial charge in [0.25, 0.3) is 0 Å². The van der Waals surface area contributed by atoms with Crippen LogP contribution in [0.15, 0.2) is 0 Å². The standard InChI is InChI=1S/Al.Mg.H2O.H4Si.5H/h;;1H2;1H4;;;;;/q;+2;;;;;;2*-1. The number of hydrogen-bond acceptors (Lipinski definition) is 0. The van der Waals surface area contributed by atoms with Gasteiger partial charge in [-0.1, -0.05) is 0 Å². The Labute approximate surface area is 59.7 Å². The van der Waals surface area contributed by atoms with Crippen LogP contribution in [0.1, 0.15) is 2.85 Å². The predicted molar refractivity (Wildman–Crippen MR) is 32.9 cm³/mol. The molecule has 4 heteroatoms. The SMILES string of the molecule is O.[AlH3].[H-].[H-].[Mg+2].[SiH4]. The van der Waals surface area contributed by atoms with E-state index in [1.807, 2.05) is 0 Å². The van der Waals surface area contributed by atoms with Gasteiger partial charge in [-0.15, -0.1) is 0 Å². The molecule has 0 aliphatic carbocycles. The summed E-state index contributed by atoms with van der Waals surface area (Å²) in [4.78, 5) is 0. The third-order valence-electron chi connectivity index (χ3n) is 0. The van der Waals surface area contributed by atoms with Crippen molar-refractivity contribution in [2.24, 2.45) is 0 Å². The molecule has 1 nitrogen and oxygen atoms in total. The van der Waals surface area contributed by atoms with Gasteiger partial charge in [0, 0.05) is 0 Å². The van der Waals surface area contributed by atoms with Gasteiger partial charge in [-0.3, -0.25) is 0 Å². The van der Waals surface area contributed by atoms with Crippen LogP contribution in [-0.2, 0) is 0 Å². The summed E-state index contributed by atoms with van der Waals surface area (Å²) in [5.74, 6) is 0. The third-order valence-corrected chi connectivity index (χ3v) is 0. The van der Waals surface area contributed by atoms with Crippen molar-refractivity contribution >= 4 is 51.4 Å². The average molecular weight is 106 g/mol. The fraction of sp³-hybridized carbons (Fsp3) is 0. The van der Waals surface area contributed by atoms with Gasteiger partial charge in [0.15, 0.2) is 17.4 Å². The molecular formula is H11AlMgOSi. The molecule has 0 aromatic rings. The van der Waals surface area contributed by atoms with Crippen LogP contribution in [0.2, 0.25) is 0 Å². The first-order valence-electron chi connectivity index (χ1n) is 0. The maximum Gasteiger partial charge on any atom is 2.00 e. The topological polar surface area (TPSA) is 31.5 Å². The molecule has 0 saturated carbocycles. The van der Waals surface area contributed by atoms with Gasteiger partial charge in [-0.05, 0) is 11.0 Å². The van der Waals surface area contributed by atoms with Crippen molar-refractivity contribution in [1.29, 1.82) is 0 Å². The molecule has 0 unspecified atom stereocenters. The maximum absolute atomic E-state index is 0. The summed E-state index contributed by atoms with van der Waals surface area (Å²) in [5, 5.41) is 0. The van der Waals surface area contributed by atoms with E-state index in [9.17, 15) is 0 Å². The van der Waals surface area contributed by atoms with Crippen LogP contribution in [0.25, 0.3) is 0 Å². The minimum atomic E-state index is 0. The molecule has 0 amide bonds. The van der Waals surface area contributed by atoms with E-state index in [1.165, 1.54) is 0 Å². The van der Waals surface area contributed by atoms with Crippen molar-refractivity contribution in [3.63, 3.8) is 0 Å². The van der Waals surface area contributed by atoms with Crippen LogP contribution in [0.3, 0.4) is 0 Å². The first-order chi connectivity index (χ1) is 0. The fourth-order valence-electron chi connectivity index (χ4n) is 0. The number of hydrogen-bond donors (Lipinski definition) is 0. The Bertz CT molecular complexity index is 13.5. The zero-order valence-electron chi connectivity index (χ0n) is 3.21. The normalized spacial score (nSPS) is 0. The monoisotopic (exact) mass is 106 g/mol. The Morgan fingerprint density at radius 3 is 1.25 bits per heavy atom. The van der Waals surface area contributed by atoms with E-state index in [2.05, 4.69) is 0 Å². The molecule has 0 bridgehead atoms. The van der Waals surface area contributed by atoms with Gasteiger partial charge in [0.2, 0.25) is 0 Å². The van der Waals surface area contributed by atoms with Gasteiger partial charge in [0.05, 0.1) is 0 Å². The summed E-state index contributed by atoms with van der Waals surface area (Å²) in [5.41, 5.74) is 0. The Kier molecular flexibility index (Phi) is 313. The van der Waals surface area contributed by atoms with Crippen molar-refractivity contribution in [3.8, 4) is 0 Å². The van der Waals surface area contributed by atoms with Crippen molar-refractivity contribution in [2.45, 2.75) is 0 Å². The Morgan fingerprint density at radius 2 is 1.25 bits per heavy atom. The Hall–Kier alpha value is 1.48. The summed E-state index contributed by atoms with van der Waals surface area (Å²) < 4.78 is 0. The molecule has 0 radical (unpaired) electrons. The molecule has 0 atom stereocenters. The van der Waals surface area contributed by atoms with Crippen molar-refractivity contribution in [2.75, 3.05) is 0 Å². The summed E-state index contributed by atoms with van der Waals surface area (Å²) >= 11 is 0. The quantitative estimate of drug-likeness (QED) is 0.286.